The summed E-state index contributed by atoms with van der Waals surface area (Å²) in [5.74, 6) is -2.17. The molecule has 0 heterocycles. The van der Waals surface area contributed by atoms with Gasteiger partial charge in [0.15, 0.2) is 0 Å². The first-order valence-electron chi connectivity index (χ1n) is 4.91. The van der Waals surface area contributed by atoms with E-state index in [9.17, 15) is 9.59 Å². The molecule has 0 fully saturated rings. The van der Waals surface area contributed by atoms with Gasteiger partial charge >= 0.3 is 11.9 Å². The zero-order chi connectivity index (χ0) is 13.3. The first-order valence-corrected chi connectivity index (χ1v) is 5.28. The van der Waals surface area contributed by atoms with Gasteiger partial charge in [-0.3, -0.25) is 0 Å². The Morgan fingerprint density at radius 3 is 2.33 bits per heavy atom. The summed E-state index contributed by atoms with van der Waals surface area (Å²) in [5, 5.41) is 19.0. The van der Waals surface area contributed by atoms with E-state index in [0.717, 1.165) is 0 Å². The predicted molar refractivity (Wildman–Crippen MR) is 67.3 cm³/mol. The number of benzene rings is 2. The molecule has 0 aromatic heterocycles. The summed E-state index contributed by atoms with van der Waals surface area (Å²) in [6.45, 7) is 0. The highest BCUT2D eigenvalue weighted by Gasteiger charge is 2.14. The highest BCUT2D eigenvalue weighted by Crippen LogP contribution is 2.30. The molecule has 2 rings (SSSR count). The molecular formula is C12H7NO4S. The van der Waals surface area contributed by atoms with E-state index >= 15 is 0 Å². The standard InChI is InChI=1S/C12H7NO4S/c14-11(15)7-2-3-8-6(5-7)1-4-9(12(16)17)10(8)13-18/h1-5H,(H,14,15)(H,16,17). The molecule has 0 unspecified atom stereocenters. The lowest BCUT2D eigenvalue weighted by Crippen LogP contribution is -1.98. The quantitative estimate of drug-likeness (QED) is 0.886. The van der Waals surface area contributed by atoms with E-state index in [2.05, 4.69) is 16.8 Å². The number of hydrogen-bond acceptors (Lipinski definition) is 4. The fourth-order valence-corrected chi connectivity index (χ4v) is 1.91. The summed E-state index contributed by atoms with van der Waals surface area (Å²) < 4.78 is 3.55. The van der Waals surface area contributed by atoms with Crippen molar-refractivity contribution in [3.8, 4) is 0 Å². The molecule has 0 spiro atoms. The second-order valence-corrected chi connectivity index (χ2v) is 3.78. The number of carbonyl (C=O) groups is 2. The van der Waals surface area contributed by atoms with Crippen molar-refractivity contribution >= 4 is 40.8 Å². The summed E-state index contributed by atoms with van der Waals surface area (Å²) >= 11 is 4.58. The summed E-state index contributed by atoms with van der Waals surface area (Å²) in [6, 6.07) is 7.25. The van der Waals surface area contributed by atoms with Crippen molar-refractivity contribution in [3.63, 3.8) is 0 Å². The van der Waals surface area contributed by atoms with Crippen LogP contribution in [0.15, 0.2) is 34.7 Å². The number of carboxylic acids is 2. The van der Waals surface area contributed by atoms with Crippen molar-refractivity contribution in [2.75, 3.05) is 0 Å². The Kier molecular flexibility index (Phi) is 3.03. The third-order valence-corrected chi connectivity index (χ3v) is 2.74. The van der Waals surface area contributed by atoms with Gasteiger partial charge in [0.05, 0.1) is 16.8 Å². The summed E-state index contributed by atoms with van der Waals surface area (Å²) in [6.07, 6.45) is 0. The normalized spacial score (nSPS) is 10.2. The topological polar surface area (TPSA) is 87.0 Å². The Labute approximate surface area is 107 Å². The molecule has 0 bridgehead atoms. The number of fused-ring (bicyclic) bond motifs is 1. The predicted octanol–water partition coefficient (Wildman–Crippen LogP) is 2.60. The smallest absolute Gasteiger partial charge is 0.337 e. The van der Waals surface area contributed by atoms with Gasteiger partial charge in [-0.1, -0.05) is 12.1 Å². The molecule has 0 saturated heterocycles. The molecule has 2 aromatic rings. The van der Waals surface area contributed by atoms with Crippen LogP contribution in [0.4, 0.5) is 5.69 Å². The van der Waals surface area contributed by atoms with Crippen molar-refractivity contribution in [2.45, 2.75) is 0 Å². The van der Waals surface area contributed by atoms with Crippen LogP contribution >= 0.6 is 0 Å². The van der Waals surface area contributed by atoms with Gasteiger partial charge in [-0.25, -0.2) is 9.59 Å². The molecule has 0 atom stereocenters. The number of carboxylic acid groups (broad SMARTS) is 2. The molecule has 0 aliphatic carbocycles. The largest absolute Gasteiger partial charge is 0.478 e. The molecule has 0 amide bonds. The van der Waals surface area contributed by atoms with E-state index in [4.69, 9.17) is 10.2 Å². The Hall–Kier alpha value is -2.34. The van der Waals surface area contributed by atoms with Gasteiger partial charge in [0.25, 0.3) is 0 Å². The Morgan fingerprint density at radius 1 is 1.06 bits per heavy atom. The van der Waals surface area contributed by atoms with Crippen LogP contribution in [0.1, 0.15) is 20.7 Å². The third kappa shape index (κ3) is 1.93. The van der Waals surface area contributed by atoms with Gasteiger partial charge in [-0.15, -0.1) is 0 Å². The maximum absolute atomic E-state index is 11.0. The van der Waals surface area contributed by atoms with E-state index < -0.39 is 11.9 Å². The van der Waals surface area contributed by atoms with E-state index in [1.807, 2.05) is 0 Å². The molecule has 90 valence electrons. The lowest BCUT2D eigenvalue weighted by atomic mass is 10.0. The maximum Gasteiger partial charge on any atom is 0.337 e. The van der Waals surface area contributed by atoms with Crippen molar-refractivity contribution in [3.05, 3.63) is 41.5 Å². The van der Waals surface area contributed by atoms with Crippen LogP contribution < -0.4 is 0 Å². The number of rotatable bonds is 3. The SMILES string of the molecule is O=C(O)c1ccc2c(N=S)c(C(=O)O)ccc2c1. The van der Waals surface area contributed by atoms with Gasteiger partial charge in [-0.2, -0.15) is 4.36 Å². The minimum Gasteiger partial charge on any atom is -0.478 e. The van der Waals surface area contributed by atoms with Crippen LogP contribution in [0.25, 0.3) is 10.8 Å². The third-order valence-electron chi connectivity index (χ3n) is 2.56. The van der Waals surface area contributed by atoms with Crippen molar-refractivity contribution in [2.24, 2.45) is 4.36 Å². The first-order chi connectivity index (χ1) is 8.54. The summed E-state index contributed by atoms with van der Waals surface area (Å²) in [4.78, 5) is 21.8. The van der Waals surface area contributed by atoms with Gasteiger partial charge < -0.3 is 10.2 Å². The van der Waals surface area contributed by atoms with Crippen molar-refractivity contribution in [1.82, 2.24) is 0 Å². The second-order valence-electron chi connectivity index (χ2n) is 3.60. The lowest BCUT2D eigenvalue weighted by molar-refractivity contribution is 0.0686. The highest BCUT2D eigenvalue weighted by atomic mass is 32.1. The molecule has 6 heteroatoms. The van der Waals surface area contributed by atoms with Gasteiger partial charge in [-0.05, 0) is 23.6 Å². The minimum absolute atomic E-state index is 0.000532. The zero-order valence-electron chi connectivity index (χ0n) is 8.95. The molecule has 0 aliphatic rings. The van der Waals surface area contributed by atoms with E-state index in [0.29, 0.717) is 10.8 Å². The summed E-state index contributed by atoms with van der Waals surface area (Å²) in [7, 11) is 0. The monoisotopic (exact) mass is 261 g/mol. The van der Waals surface area contributed by atoms with Gasteiger partial charge in [0.2, 0.25) is 0 Å². The lowest BCUT2D eigenvalue weighted by Gasteiger charge is -2.05. The van der Waals surface area contributed by atoms with Crippen LogP contribution in [0.3, 0.4) is 0 Å². The van der Waals surface area contributed by atoms with Crippen LogP contribution in [0.2, 0.25) is 0 Å². The van der Waals surface area contributed by atoms with Gasteiger partial charge in [0, 0.05) is 17.8 Å². The van der Waals surface area contributed by atoms with Gasteiger partial charge in [0.1, 0.15) is 0 Å². The van der Waals surface area contributed by atoms with Crippen molar-refractivity contribution in [1.29, 1.82) is 0 Å². The average Bonchev–Trinajstić information content (AvgIpc) is 2.36. The number of aromatic carboxylic acids is 2. The molecule has 0 saturated carbocycles. The number of hydrogen-bond donors (Lipinski definition) is 2. The highest BCUT2D eigenvalue weighted by molar-refractivity contribution is 7.47. The molecule has 2 N–H and O–H groups in total. The number of nitrogens with zero attached hydrogens (tertiary/aromatic N) is 1. The second kappa shape index (κ2) is 4.50. The molecule has 2 aromatic carbocycles. The first kappa shape index (κ1) is 12.1. The molecule has 18 heavy (non-hydrogen) atoms. The Balaban J connectivity index is 2.79. The minimum atomic E-state index is -1.12. The zero-order valence-corrected chi connectivity index (χ0v) is 9.77. The Morgan fingerprint density at radius 2 is 1.78 bits per heavy atom. The van der Waals surface area contributed by atoms with Crippen LogP contribution in [0.5, 0.6) is 0 Å². The fourth-order valence-electron chi connectivity index (χ4n) is 1.72. The fraction of sp³-hybridized carbons (Fsp3) is 0. The van der Waals surface area contributed by atoms with E-state index in [1.165, 1.54) is 30.3 Å². The van der Waals surface area contributed by atoms with Crippen LogP contribution in [-0.2, 0) is 12.4 Å². The maximum atomic E-state index is 11.0. The van der Waals surface area contributed by atoms with Crippen molar-refractivity contribution < 1.29 is 19.8 Å². The van der Waals surface area contributed by atoms with E-state index in [1.54, 1.807) is 0 Å². The van der Waals surface area contributed by atoms with E-state index in [-0.39, 0.29) is 16.8 Å². The average molecular weight is 261 g/mol. The molecule has 5 nitrogen and oxygen atoms in total. The summed E-state index contributed by atoms with van der Waals surface area (Å²) in [5.41, 5.74) is 0.299. The van der Waals surface area contributed by atoms with Crippen LogP contribution in [0, 0.1) is 0 Å². The van der Waals surface area contributed by atoms with Crippen LogP contribution in [-0.4, -0.2) is 22.2 Å². The molecular weight excluding hydrogens is 254 g/mol. The molecule has 0 aliphatic heterocycles. The molecule has 0 radical (unpaired) electrons. The Bertz CT molecular complexity index is 681.